The highest BCUT2D eigenvalue weighted by Gasteiger charge is 2.39. The molecule has 2 saturated heterocycles. The highest BCUT2D eigenvalue weighted by molar-refractivity contribution is 5.80. The fraction of sp³-hybridized carbons (Fsp3) is 0.529. The molecule has 1 atom stereocenters. The molecule has 4 rings (SSSR count). The number of rotatable bonds is 2. The number of piperidine rings is 1. The molecule has 5 heteroatoms. The van der Waals surface area contributed by atoms with Gasteiger partial charge < -0.3 is 15.2 Å². The summed E-state index contributed by atoms with van der Waals surface area (Å²) in [6, 6.07) is 7.92. The van der Waals surface area contributed by atoms with E-state index in [0.29, 0.717) is 11.8 Å². The Morgan fingerprint density at radius 3 is 3.05 bits per heavy atom. The molecule has 1 amide bonds. The molecule has 22 heavy (non-hydrogen) atoms. The number of H-pyrrole nitrogens is 1. The van der Waals surface area contributed by atoms with Crippen molar-refractivity contribution in [2.45, 2.75) is 25.7 Å². The summed E-state index contributed by atoms with van der Waals surface area (Å²) in [7, 11) is 0. The van der Waals surface area contributed by atoms with Crippen molar-refractivity contribution in [2.24, 2.45) is 5.41 Å². The van der Waals surface area contributed by atoms with Crippen LogP contribution in [-0.2, 0) is 11.2 Å². The van der Waals surface area contributed by atoms with Gasteiger partial charge in [0.15, 0.2) is 0 Å². The largest absolute Gasteiger partial charge is 0.342 e. The van der Waals surface area contributed by atoms with E-state index < -0.39 is 0 Å². The summed E-state index contributed by atoms with van der Waals surface area (Å²) in [4.78, 5) is 22.5. The van der Waals surface area contributed by atoms with Gasteiger partial charge in [-0.3, -0.25) is 4.79 Å². The number of carbonyl (C=O) groups is 1. The van der Waals surface area contributed by atoms with Crippen LogP contribution in [-0.4, -0.2) is 47.0 Å². The van der Waals surface area contributed by atoms with Gasteiger partial charge in [0.2, 0.25) is 5.91 Å². The maximum absolute atomic E-state index is 12.6. The molecule has 2 aromatic rings. The van der Waals surface area contributed by atoms with Crippen molar-refractivity contribution in [1.82, 2.24) is 20.2 Å². The van der Waals surface area contributed by atoms with Gasteiger partial charge in [0.05, 0.1) is 17.5 Å². The molecule has 1 aromatic carbocycles. The highest BCUT2D eigenvalue weighted by atomic mass is 16.2. The normalized spacial score (nSPS) is 25.2. The predicted molar refractivity (Wildman–Crippen MR) is 85.5 cm³/mol. The van der Waals surface area contributed by atoms with Crippen LogP contribution in [0.4, 0.5) is 0 Å². The zero-order valence-electron chi connectivity index (χ0n) is 12.8. The predicted octanol–water partition coefficient (Wildman–Crippen LogP) is 1.71. The van der Waals surface area contributed by atoms with Gasteiger partial charge in [0.25, 0.3) is 0 Å². The number of carbonyl (C=O) groups excluding carboxylic acids is 1. The van der Waals surface area contributed by atoms with Crippen molar-refractivity contribution in [3.05, 3.63) is 30.1 Å². The monoisotopic (exact) mass is 298 g/mol. The third-order valence-electron chi connectivity index (χ3n) is 5.10. The average Bonchev–Trinajstić information content (AvgIpc) is 3.13. The van der Waals surface area contributed by atoms with E-state index in [1.807, 2.05) is 29.2 Å². The second kappa shape index (κ2) is 5.39. The molecule has 2 fully saturated rings. The second-order valence-corrected chi connectivity index (χ2v) is 6.72. The van der Waals surface area contributed by atoms with Gasteiger partial charge in [-0.25, -0.2) is 4.98 Å². The molecule has 0 radical (unpaired) electrons. The number of hydrogen-bond donors (Lipinski definition) is 2. The fourth-order valence-electron chi connectivity index (χ4n) is 3.91. The molecule has 1 aromatic heterocycles. The summed E-state index contributed by atoms with van der Waals surface area (Å²) in [5.41, 5.74) is 2.25. The Bertz CT molecular complexity index is 654. The molecule has 0 aliphatic carbocycles. The lowest BCUT2D eigenvalue weighted by Crippen LogP contribution is -2.47. The van der Waals surface area contributed by atoms with Crippen molar-refractivity contribution in [1.29, 1.82) is 0 Å². The molecular formula is C17H22N4O. The van der Waals surface area contributed by atoms with Gasteiger partial charge in [0.1, 0.15) is 5.82 Å². The van der Waals surface area contributed by atoms with Crippen LogP contribution in [0, 0.1) is 5.41 Å². The third kappa shape index (κ3) is 2.50. The lowest BCUT2D eigenvalue weighted by molar-refractivity contribution is -0.133. The van der Waals surface area contributed by atoms with E-state index in [1.165, 1.54) is 12.8 Å². The summed E-state index contributed by atoms with van der Waals surface area (Å²) in [6.07, 6.45) is 3.93. The van der Waals surface area contributed by atoms with Crippen LogP contribution in [0.15, 0.2) is 24.3 Å². The number of hydrogen-bond acceptors (Lipinski definition) is 3. The molecule has 0 saturated carbocycles. The van der Waals surface area contributed by atoms with Crippen molar-refractivity contribution in [3.8, 4) is 0 Å². The summed E-state index contributed by atoms with van der Waals surface area (Å²) in [5.74, 6) is 0.973. The lowest BCUT2D eigenvalue weighted by atomic mass is 9.79. The summed E-state index contributed by atoms with van der Waals surface area (Å²) in [5, 5.41) is 3.45. The molecule has 2 N–H and O–H groups in total. The Morgan fingerprint density at radius 1 is 1.32 bits per heavy atom. The highest BCUT2D eigenvalue weighted by Crippen LogP contribution is 2.35. The molecule has 2 aliphatic rings. The Morgan fingerprint density at radius 2 is 2.23 bits per heavy atom. The minimum absolute atomic E-state index is 0.199. The number of likely N-dealkylation sites (tertiary alicyclic amines) is 1. The lowest BCUT2D eigenvalue weighted by Gasteiger charge is -2.40. The summed E-state index contributed by atoms with van der Waals surface area (Å²) in [6.45, 7) is 3.94. The Kier molecular flexibility index (Phi) is 3.37. The molecule has 0 unspecified atom stereocenters. The third-order valence-corrected chi connectivity index (χ3v) is 5.10. The minimum atomic E-state index is 0.199. The van der Waals surface area contributed by atoms with E-state index in [2.05, 4.69) is 15.3 Å². The van der Waals surface area contributed by atoms with Crippen molar-refractivity contribution in [3.63, 3.8) is 0 Å². The first-order valence-electron chi connectivity index (χ1n) is 8.16. The number of benzene rings is 1. The quantitative estimate of drug-likeness (QED) is 0.887. The van der Waals surface area contributed by atoms with Crippen LogP contribution in [0.5, 0.6) is 0 Å². The zero-order chi connectivity index (χ0) is 15.0. The molecule has 1 spiro atoms. The number of aromatic amines is 1. The Balaban J connectivity index is 1.47. The van der Waals surface area contributed by atoms with Gasteiger partial charge in [-0.2, -0.15) is 0 Å². The number of amides is 1. The number of para-hydroxylation sites is 2. The minimum Gasteiger partial charge on any atom is -0.342 e. The van der Waals surface area contributed by atoms with Gasteiger partial charge in [-0.05, 0) is 37.9 Å². The van der Waals surface area contributed by atoms with Crippen LogP contribution >= 0.6 is 0 Å². The second-order valence-electron chi connectivity index (χ2n) is 6.72. The van der Waals surface area contributed by atoms with E-state index in [4.69, 9.17) is 0 Å². The van der Waals surface area contributed by atoms with Crippen LogP contribution in [0.1, 0.15) is 25.1 Å². The molecule has 3 heterocycles. The number of nitrogens with zero attached hydrogens (tertiary/aromatic N) is 2. The van der Waals surface area contributed by atoms with Crippen molar-refractivity contribution >= 4 is 16.9 Å². The first-order valence-corrected chi connectivity index (χ1v) is 8.16. The van der Waals surface area contributed by atoms with Gasteiger partial charge >= 0.3 is 0 Å². The maximum Gasteiger partial charge on any atom is 0.230 e. The maximum atomic E-state index is 12.6. The van der Waals surface area contributed by atoms with Crippen molar-refractivity contribution in [2.75, 3.05) is 26.2 Å². The summed E-state index contributed by atoms with van der Waals surface area (Å²) < 4.78 is 0. The topological polar surface area (TPSA) is 61.0 Å². The van der Waals surface area contributed by atoms with Gasteiger partial charge in [-0.15, -0.1) is 0 Å². The average molecular weight is 298 g/mol. The molecule has 0 bridgehead atoms. The van der Waals surface area contributed by atoms with Gasteiger partial charge in [-0.1, -0.05) is 12.1 Å². The smallest absolute Gasteiger partial charge is 0.230 e. The van der Waals surface area contributed by atoms with Crippen LogP contribution in [0.25, 0.3) is 11.0 Å². The zero-order valence-corrected chi connectivity index (χ0v) is 12.8. The molecular weight excluding hydrogens is 276 g/mol. The first kappa shape index (κ1) is 13.8. The van der Waals surface area contributed by atoms with E-state index in [-0.39, 0.29) is 5.91 Å². The fourth-order valence-corrected chi connectivity index (χ4v) is 3.91. The van der Waals surface area contributed by atoms with E-state index >= 15 is 0 Å². The molecule has 2 aliphatic heterocycles. The Labute approximate surface area is 130 Å². The van der Waals surface area contributed by atoms with Crippen molar-refractivity contribution < 1.29 is 4.79 Å². The Hall–Kier alpha value is -1.88. The van der Waals surface area contributed by atoms with Crippen LogP contribution < -0.4 is 5.32 Å². The first-order chi connectivity index (χ1) is 10.7. The number of aromatic nitrogens is 2. The van der Waals surface area contributed by atoms with Crippen LogP contribution in [0.3, 0.4) is 0 Å². The van der Waals surface area contributed by atoms with E-state index in [0.717, 1.165) is 49.5 Å². The van der Waals surface area contributed by atoms with Crippen LogP contribution in [0.2, 0.25) is 0 Å². The molecule has 5 nitrogen and oxygen atoms in total. The number of nitrogens with one attached hydrogen (secondary N) is 2. The van der Waals surface area contributed by atoms with E-state index in [1.54, 1.807) is 0 Å². The van der Waals surface area contributed by atoms with Gasteiger partial charge in [0, 0.05) is 25.0 Å². The molecule has 116 valence electrons. The SMILES string of the molecule is O=C(Cc1nc2ccccc2[nH]1)N1CCC[C@]2(CCNC2)C1. The summed E-state index contributed by atoms with van der Waals surface area (Å²) >= 11 is 0. The standard InChI is InChI=1S/C17H22N4O/c22-16(10-15-19-13-4-1-2-5-14(13)20-15)21-9-3-6-17(12-21)7-8-18-11-17/h1-2,4-5,18H,3,6-12H2,(H,19,20)/t17-/m1/s1. The van der Waals surface area contributed by atoms with E-state index in [9.17, 15) is 4.79 Å². The number of imidazole rings is 1. The number of fused-ring (bicyclic) bond motifs is 1.